The van der Waals surface area contributed by atoms with Gasteiger partial charge in [0.1, 0.15) is 11.4 Å². The van der Waals surface area contributed by atoms with Crippen molar-refractivity contribution in [2.24, 2.45) is 11.3 Å². The summed E-state index contributed by atoms with van der Waals surface area (Å²) in [6.07, 6.45) is -4.29. The van der Waals surface area contributed by atoms with Crippen LogP contribution in [0.15, 0.2) is 12.1 Å². The number of halogens is 4. The Morgan fingerprint density at radius 1 is 1.37 bits per heavy atom. The summed E-state index contributed by atoms with van der Waals surface area (Å²) in [5, 5.41) is 9.44. The number of carbonyl (C=O) groups is 1. The summed E-state index contributed by atoms with van der Waals surface area (Å²) in [6.45, 7) is 5.96. The molecular formula is C18H19ClF3N3O2. The number of nitrogens with zero attached hydrogens (tertiary/aromatic N) is 2. The zero-order valence-corrected chi connectivity index (χ0v) is 15.7. The zero-order chi connectivity index (χ0) is 19.9. The second-order valence-electron chi connectivity index (χ2n) is 8.53. The molecule has 5 nitrogen and oxygen atoms in total. The molecule has 1 saturated carbocycles. The van der Waals surface area contributed by atoms with Crippen molar-refractivity contribution in [3.63, 3.8) is 0 Å². The minimum Gasteiger partial charge on any atom is -0.465 e. The third-order valence-corrected chi connectivity index (χ3v) is 6.13. The summed E-state index contributed by atoms with van der Waals surface area (Å²) < 4.78 is 39.3. The van der Waals surface area contributed by atoms with Gasteiger partial charge in [0.05, 0.1) is 21.6 Å². The van der Waals surface area contributed by atoms with Crippen LogP contribution >= 0.6 is 11.6 Å². The molecule has 1 aliphatic heterocycles. The summed E-state index contributed by atoms with van der Waals surface area (Å²) in [6, 6.07) is 1.93. The number of amides is 1. The lowest BCUT2D eigenvalue weighted by Crippen LogP contribution is -2.49. The summed E-state index contributed by atoms with van der Waals surface area (Å²) in [5.74, 6) is 0.503. The zero-order valence-electron chi connectivity index (χ0n) is 15.0. The Kier molecular flexibility index (Phi) is 3.62. The van der Waals surface area contributed by atoms with E-state index in [1.54, 1.807) is 0 Å². The molecule has 2 heterocycles. The van der Waals surface area contributed by atoms with Crippen molar-refractivity contribution in [3.05, 3.63) is 28.5 Å². The van der Waals surface area contributed by atoms with E-state index in [1.165, 1.54) is 11.0 Å². The molecule has 1 saturated heterocycles. The highest BCUT2D eigenvalue weighted by Gasteiger charge is 2.71. The van der Waals surface area contributed by atoms with E-state index < -0.39 is 28.4 Å². The molecule has 2 aromatic rings. The number of hydrogen-bond donors (Lipinski definition) is 2. The summed E-state index contributed by atoms with van der Waals surface area (Å²) >= 11 is 5.79. The first-order valence-electron chi connectivity index (χ1n) is 8.65. The van der Waals surface area contributed by atoms with Gasteiger partial charge in [-0.25, -0.2) is 9.78 Å². The number of carboxylic acid groups (broad SMARTS) is 1. The van der Waals surface area contributed by atoms with E-state index in [2.05, 4.69) is 9.97 Å². The monoisotopic (exact) mass is 401 g/mol. The first kappa shape index (κ1) is 18.4. The van der Waals surface area contributed by atoms with Gasteiger partial charge in [0.2, 0.25) is 0 Å². The van der Waals surface area contributed by atoms with Crippen molar-refractivity contribution in [2.75, 3.05) is 0 Å². The highest BCUT2D eigenvalue weighted by molar-refractivity contribution is 6.32. The normalized spacial score (nSPS) is 27.9. The van der Waals surface area contributed by atoms with Crippen LogP contribution in [0.25, 0.3) is 11.0 Å². The number of alkyl halides is 3. The minimum absolute atomic E-state index is 0.107. The predicted molar refractivity (Wildman–Crippen MR) is 93.6 cm³/mol. The van der Waals surface area contributed by atoms with E-state index in [-0.39, 0.29) is 22.9 Å². The lowest BCUT2D eigenvalue weighted by Gasteiger charge is -2.38. The highest BCUT2D eigenvalue weighted by Crippen LogP contribution is 2.66. The van der Waals surface area contributed by atoms with Crippen LogP contribution in [-0.4, -0.2) is 32.1 Å². The van der Waals surface area contributed by atoms with E-state index in [0.29, 0.717) is 24.2 Å². The van der Waals surface area contributed by atoms with E-state index in [4.69, 9.17) is 11.6 Å². The minimum atomic E-state index is -4.58. The molecule has 1 aromatic carbocycles. The van der Waals surface area contributed by atoms with Gasteiger partial charge in [-0.05, 0) is 36.3 Å². The lowest BCUT2D eigenvalue weighted by atomic mass is 9.84. The molecular weight excluding hydrogens is 383 g/mol. The number of piperidine rings is 1. The molecule has 146 valence electrons. The number of fused-ring (bicyclic) bond motifs is 2. The fraction of sp³-hybridized carbons (Fsp3) is 0.556. The Bertz CT molecular complexity index is 950. The molecule has 2 fully saturated rings. The van der Waals surface area contributed by atoms with E-state index in [9.17, 15) is 23.1 Å². The first-order chi connectivity index (χ1) is 12.4. The Morgan fingerprint density at radius 2 is 2.04 bits per heavy atom. The Balaban J connectivity index is 1.82. The molecule has 2 N–H and O–H groups in total. The molecule has 0 bridgehead atoms. The SMILES string of the molecule is CC(C)(C)C1C[C@@H]2C[C@]2(c2nc3cc(C(F)(F)F)c(Cl)cc3[nH]2)N1C(=O)O. The Hall–Kier alpha value is -1.96. The molecule has 27 heavy (non-hydrogen) atoms. The maximum Gasteiger partial charge on any atom is 0.417 e. The topological polar surface area (TPSA) is 69.2 Å². The number of aromatic amines is 1. The van der Waals surface area contributed by atoms with Gasteiger partial charge in [-0.3, -0.25) is 4.90 Å². The molecule has 1 aliphatic carbocycles. The quantitative estimate of drug-likeness (QED) is 0.685. The van der Waals surface area contributed by atoms with E-state index in [1.807, 2.05) is 20.8 Å². The third kappa shape index (κ3) is 2.60. The average Bonchev–Trinajstić information content (AvgIpc) is 2.91. The molecule has 0 spiro atoms. The van der Waals surface area contributed by atoms with Gasteiger partial charge in [0, 0.05) is 6.04 Å². The molecule has 1 unspecified atom stereocenters. The molecule has 2 aliphatic rings. The summed E-state index contributed by atoms with van der Waals surface area (Å²) in [4.78, 5) is 20.9. The number of hydrogen-bond acceptors (Lipinski definition) is 2. The fourth-order valence-electron chi connectivity index (χ4n) is 4.44. The summed E-state index contributed by atoms with van der Waals surface area (Å²) in [5.41, 5.74) is -1.50. The van der Waals surface area contributed by atoms with Crippen molar-refractivity contribution in [1.29, 1.82) is 0 Å². The molecule has 1 aromatic heterocycles. The molecule has 0 radical (unpaired) electrons. The van der Waals surface area contributed by atoms with Crippen LogP contribution in [0.1, 0.15) is 45.0 Å². The Labute approximate surface area is 158 Å². The smallest absolute Gasteiger partial charge is 0.417 e. The van der Waals surface area contributed by atoms with Crippen LogP contribution in [-0.2, 0) is 11.7 Å². The second kappa shape index (κ2) is 5.31. The van der Waals surface area contributed by atoms with Crippen LogP contribution < -0.4 is 0 Å². The van der Waals surface area contributed by atoms with Gasteiger partial charge in [-0.2, -0.15) is 13.2 Å². The first-order valence-corrected chi connectivity index (χ1v) is 9.02. The standard InChI is InChI=1S/C18H19ClF3N3O2/c1-16(2,3)13-4-8-7-17(8,25(13)15(26)27)14-23-11-5-9(18(20,21)22)10(19)6-12(11)24-14/h5-6,8,13H,4,7H2,1-3H3,(H,23,24)(H,26,27)/t8-,13?,17+/m1/s1. The number of benzene rings is 1. The van der Waals surface area contributed by atoms with Crippen molar-refractivity contribution in [2.45, 2.75) is 51.4 Å². The van der Waals surface area contributed by atoms with Crippen molar-refractivity contribution in [3.8, 4) is 0 Å². The van der Waals surface area contributed by atoms with Gasteiger partial charge in [0.15, 0.2) is 0 Å². The van der Waals surface area contributed by atoms with Gasteiger partial charge < -0.3 is 10.1 Å². The largest absolute Gasteiger partial charge is 0.465 e. The number of imidazole rings is 1. The van der Waals surface area contributed by atoms with Gasteiger partial charge in [-0.15, -0.1) is 0 Å². The molecule has 9 heteroatoms. The van der Waals surface area contributed by atoms with Crippen molar-refractivity contribution in [1.82, 2.24) is 14.9 Å². The maximum absolute atomic E-state index is 13.1. The van der Waals surface area contributed by atoms with Crippen LogP contribution in [0.4, 0.5) is 18.0 Å². The number of aromatic nitrogens is 2. The number of nitrogens with one attached hydrogen (secondary N) is 1. The number of H-pyrrole nitrogens is 1. The lowest BCUT2D eigenvalue weighted by molar-refractivity contribution is -0.137. The predicted octanol–water partition coefficient (Wildman–Crippen LogP) is 5.25. The molecule has 4 rings (SSSR count). The fourth-order valence-corrected chi connectivity index (χ4v) is 4.72. The van der Waals surface area contributed by atoms with Crippen molar-refractivity contribution >= 4 is 28.7 Å². The Morgan fingerprint density at radius 3 is 2.59 bits per heavy atom. The number of likely N-dealkylation sites (tertiary alicyclic amines) is 1. The second-order valence-corrected chi connectivity index (χ2v) is 8.93. The maximum atomic E-state index is 13.1. The molecule has 1 amide bonds. The van der Waals surface area contributed by atoms with Gasteiger partial charge in [-0.1, -0.05) is 32.4 Å². The summed E-state index contributed by atoms with van der Waals surface area (Å²) in [7, 11) is 0. The number of rotatable bonds is 1. The van der Waals surface area contributed by atoms with Crippen molar-refractivity contribution < 1.29 is 23.1 Å². The highest BCUT2D eigenvalue weighted by atomic mass is 35.5. The van der Waals surface area contributed by atoms with E-state index >= 15 is 0 Å². The van der Waals surface area contributed by atoms with Gasteiger partial charge in [0.25, 0.3) is 0 Å². The van der Waals surface area contributed by atoms with Crippen LogP contribution in [0.5, 0.6) is 0 Å². The average molecular weight is 402 g/mol. The molecule has 3 atom stereocenters. The van der Waals surface area contributed by atoms with Crippen LogP contribution in [0, 0.1) is 11.3 Å². The third-order valence-electron chi connectivity index (χ3n) is 5.81. The van der Waals surface area contributed by atoms with Gasteiger partial charge >= 0.3 is 12.3 Å². The van der Waals surface area contributed by atoms with Crippen LogP contribution in [0.2, 0.25) is 5.02 Å². The van der Waals surface area contributed by atoms with E-state index in [0.717, 1.165) is 6.07 Å². The van der Waals surface area contributed by atoms with Crippen LogP contribution in [0.3, 0.4) is 0 Å².